The Labute approximate surface area is 170 Å². The van der Waals surface area contributed by atoms with Gasteiger partial charge in [0.15, 0.2) is 0 Å². The van der Waals surface area contributed by atoms with Crippen LogP contribution in [0.1, 0.15) is 5.56 Å². The molecular weight excluding hydrogens is 389 g/mol. The number of rotatable bonds is 6. The van der Waals surface area contributed by atoms with Gasteiger partial charge in [-0.3, -0.25) is 9.59 Å². The lowest BCUT2D eigenvalue weighted by Crippen LogP contribution is -2.33. The predicted octanol–water partition coefficient (Wildman–Crippen LogP) is 2.42. The molecule has 2 aromatic carbocycles. The molecule has 0 aliphatic rings. The molecule has 4 aromatic rings. The zero-order valence-electron chi connectivity index (χ0n) is 15.7. The van der Waals surface area contributed by atoms with Gasteiger partial charge in [-0.2, -0.15) is 10.1 Å². The first-order valence-electron chi connectivity index (χ1n) is 9.07. The highest BCUT2D eigenvalue weighted by Crippen LogP contribution is 2.20. The van der Waals surface area contributed by atoms with Crippen LogP contribution in [0.25, 0.3) is 23.0 Å². The summed E-state index contributed by atoms with van der Waals surface area (Å²) in [5, 5.41) is 10.7. The Morgan fingerprint density at radius 1 is 1.07 bits per heavy atom. The summed E-state index contributed by atoms with van der Waals surface area (Å²) in [6.45, 7) is 0.0825. The molecule has 0 bridgehead atoms. The average Bonchev–Trinajstić information content (AvgIpc) is 3.25. The third kappa shape index (κ3) is 4.46. The van der Waals surface area contributed by atoms with Crippen LogP contribution in [0.5, 0.6) is 0 Å². The van der Waals surface area contributed by atoms with E-state index in [1.807, 2.05) is 30.3 Å². The van der Waals surface area contributed by atoms with Gasteiger partial charge in [-0.25, -0.2) is 9.07 Å². The van der Waals surface area contributed by atoms with Crippen LogP contribution in [-0.2, 0) is 17.9 Å². The van der Waals surface area contributed by atoms with Crippen LogP contribution in [-0.4, -0.2) is 25.8 Å². The summed E-state index contributed by atoms with van der Waals surface area (Å²) in [5.41, 5.74) is 1.16. The van der Waals surface area contributed by atoms with Crippen molar-refractivity contribution in [3.8, 4) is 23.0 Å². The van der Waals surface area contributed by atoms with Gasteiger partial charge in [0, 0.05) is 18.2 Å². The van der Waals surface area contributed by atoms with Gasteiger partial charge >= 0.3 is 0 Å². The maximum Gasteiger partial charge on any atom is 0.278 e. The van der Waals surface area contributed by atoms with Gasteiger partial charge in [0.2, 0.25) is 11.7 Å². The number of hydrogen-bond donors (Lipinski definition) is 1. The molecule has 2 aromatic heterocycles. The van der Waals surface area contributed by atoms with E-state index in [1.165, 1.54) is 30.3 Å². The first-order valence-corrected chi connectivity index (χ1v) is 9.07. The van der Waals surface area contributed by atoms with E-state index >= 15 is 0 Å². The molecule has 150 valence electrons. The molecule has 1 N–H and O–H groups in total. The Morgan fingerprint density at radius 2 is 1.90 bits per heavy atom. The van der Waals surface area contributed by atoms with Crippen LogP contribution in [0, 0.1) is 5.82 Å². The van der Waals surface area contributed by atoms with E-state index in [1.54, 1.807) is 6.07 Å². The summed E-state index contributed by atoms with van der Waals surface area (Å²) < 4.78 is 19.6. The fraction of sp³-hybridized carbons (Fsp3) is 0.0952. The van der Waals surface area contributed by atoms with Crippen molar-refractivity contribution in [2.75, 3.05) is 0 Å². The Bertz CT molecular complexity index is 1240. The summed E-state index contributed by atoms with van der Waals surface area (Å²) in [6, 6.07) is 17.9. The van der Waals surface area contributed by atoms with Gasteiger partial charge in [0.1, 0.15) is 18.1 Å². The molecule has 1 amide bonds. The number of aromatic nitrogens is 4. The van der Waals surface area contributed by atoms with Crippen molar-refractivity contribution < 1.29 is 13.7 Å². The van der Waals surface area contributed by atoms with Crippen molar-refractivity contribution in [1.29, 1.82) is 0 Å². The van der Waals surface area contributed by atoms with Gasteiger partial charge in [-0.05, 0) is 23.8 Å². The lowest BCUT2D eigenvalue weighted by molar-refractivity contribution is -0.122. The number of nitrogens with zero attached hydrogens (tertiary/aromatic N) is 4. The van der Waals surface area contributed by atoms with Gasteiger partial charge in [0.25, 0.3) is 11.4 Å². The maximum absolute atomic E-state index is 13.4. The fourth-order valence-electron chi connectivity index (χ4n) is 2.74. The minimum absolute atomic E-state index is 0.0488. The van der Waals surface area contributed by atoms with E-state index in [4.69, 9.17) is 4.52 Å². The number of carbonyl (C=O) groups excluding carboxylic acids is 1. The van der Waals surface area contributed by atoms with Crippen molar-refractivity contribution in [1.82, 2.24) is 25.2 Å². The molecule has 4 rings (SSSR count). The Balaban J connectivity index is 1.49. The van der Waals surface area contributed by atoms with Crippen molar-refractivity contribution in [2.45, 2.75) is 13.1 Å². The van der Waals surface area contributed by atoms with Crippen molar-refractivity contribution in [3.05, 3.63) is 88.5 Å². The van der Waals surface area contributed by atoms with E-state index in [0.29, 0.717) is 12.1 Å². The van der Waals surface area contributed by atoms with E-state index in [2.05, 4.69) is 20.6 Å². The van der Waals surface area contributed by atoms with E-state index < -0.39 is 11.4 Å². The zero-order valence-corrected chi connectivity index (χ0v) is 15.7. The Hall–Kier alpha value is -4.14. The van der Waals surface area contributed by atoms with Gasteiger partial charge in [-0.1, -0.05) is 47.6 Å². The second-order valence-electron chi connectivity index (χ2n) is 6.41. The van der Waals surface area contributed by atoms with Gasteiger partial charge in [0.05, 0.1) is 0 Å². The molecule has 0 radical (unpaired) electrons. The summed E-state index contributed by atoms with van der Waals surface area (Å²) in [6.07, 6.45) is 0. The molecule has 0 fully saturated rings. The summed E-state index contributed by atoms with van der Waals surface area (Å²) >= 11 is 0. The molecule has 0 saturated carbocycles. The topological polar surface area (TPSA) is 103 Å². The quantitative estimate of drug-likeness (QED) is 0.528. The molecule has 2 heterocycles. The smallest absolute Gasteiger partial charge is 0.278 e. The standard InChI is InChI=1S/C21H16FN5O3/c22-16-8-4-7-15(11-16)20-24-21(30-26-20)17-9-10-19(29)27(25-17)13-18(28)23-12-14-5-2-1-3-6-14/h1-11H,12-13H2,(H,23,28). The lowest BCUT2D eigenvalue weighted by atomic mass is 10.2. The molecule has 0 aliphatic heterocycles. The summed E-state index contributed by atoms with van der Waals surface area (Å²) in [7, 11) is 0. The van der Waals surface area contributed by atoms with E-state index in [0.717, 1.165) is 10.2 Å². The van der Waals surface area contributed by atoms with Gasteiger partial charge in [-0.15, -0.1) is 0 Å². The average molecular weight is 405 g/mol. The molecular formula is C21H16FN5O3. The predicted molar refractivity (Wildman–Crippen MR) is 105 cm³/mol. The molecule has 30 heavy (non-hydrogen) atoms. The first-order chi connectivity index (χ1) is 14.6. The number of amides is 1. The van der Waals surface area contributed by atoms with Crippen LogP contribution in [0.3, 0.4) is 0 Å². The molecule has 9 heteroatoms. The number of halogens is 1. The minimum atomic E-state index is -0.446. The Morgan fingerprint density at radius 3 is 2.70 bits per heavy atom. The fourth-order valence-corrected chi connectivity index (χ4v) is 2.74. The largest absolute Gasteiger partial charge is 0.350 e. The SMILES string of the molecule is O=C(Cn1nc(-c2nc(-c3cccc(F)c3)no2)ccc1=O)NCc1ccccc1. The van der Waals surface area contributed by atoms with Gasteiger partial charge < -0.3 is 9.84 Å². The summed E-state index contributed by atoms with van der Waals surface area (Å²) in [5.74, 6) is -0.555. The first kappa shape index (κ1) is 19.2. The van der Waals surface area contributed by atoms with E-state index in [-0.39, 0.29) is 29.9 Å². The highest BCUT2D eigenvalue weighted by atomic mass is 19.1. The number of hydrogen-bond acceptors (Lipinski definition) is 6. The third-order valence-corrected chi connectivity index (χ3v) is 4.22. The van der Waals surface area contributed by atoms with Crippen LogP contribution in [0.2, 0.25) is 0 Å². The number of nitrogens with one attached hydrogen (secondary N) is 1. The van der Waals surface area contributed by atoms with Crippen LogP contribution in [0.4, 0.5) is 4.39 Å². The zero-order chi connectivity index (χ0) is 20.9. The summed E-state index contributed by atoms with van der Waals surface area (Å²) in [4.78, 5) is 28.5. The normalized spacial score (nSPS) is 10.7. The second kappa shape index (κ2) is 8.48. The Kier molecular flexibility index (Phi) is 5.42. The molecule has 0 saturated heterocycles. The van der Waals surface area contributed by atoms with Crippen molar-refractivity contribution >= 4 is 5.91 Å². The van der Waals surface area contributed by atoms with Crippen LogP contribution >= 0.6 is 0 Å². The second-order valence-corrected chi connectivity index (χ2v) is 6.41. The lowest BCUT2D eigenvalue weighted by Gasteiger charge is -2.07. The van der Waals surface area contributed by atoms with E-state index in [9.17, 15) is 14.0 Å². The van der Waals surface area contributed by atoms with Crippen LogP contribution < -0.4 is 10.9 Å². The highest BCUT2D eigenvalue weighted by molar-refractivity contribution is 5.75. The molecule has 0 aliphatic carbocycles. The molecule has 8 nitrogen and oxygen atoms in total. The van der Waals surface area contributed by atoms with Crippen molar-refractivity contribution in [3.63, 3.8) is 0 Å². The molecule has 0 spiro atoms. The monoisotopic (exact) mass is 405 g/mol. The van der Waals surface area contributed by atoms with Crippen LogP contribution in [0.15, 0.2) is 76.0 Å². The third-order valence-electron chi connectivity index (χ3n) is 4.22. The number of carbonyl (C=O) groups is 1. The van der Waals surface area contributed by atoms with Crippen molar-refractivity contribution in [2.24, 2.45) is 0 Å². The molecule has 0 atom stereocenters. The highest BCUT2D eigenvalue weighted by Gasteiger charge is 2.14. The minimum Gasteiger partial charge on any atom is -0.350 e. The molecule has 0 unspecified atom stereocenters. The maximum atomic E-state index is 13.4. The number of benzene rings is 2.